The molecule has 3 unspecified atom stereocenters. The van der Waals surface area contributed by atoms with Crippen LogP contribution in [0.1, 0.15) is 34.4 Å². The lowest BCUT2D eigenvalue weighted by Gasteiger charge is -2.27. The predicted octanol–water partition coefficient (Wildman–Crippen LogP) is 2.07. The Balaban J connectivity index is 1.58. The molecule has 0 fully saturated rings. The summed E-state index contributed by atoms with van der Waals surface area (Å²) in [5.74, 6) is -0.182. The highest BCUT2D eigenvalue weighted by atomic mass is 16.5. The third-order valence-electron chi connectivity index (χ3n) is 4.73. The van der Waals surface area contributed by atoms with E-state index < -0.39 is 12.2 Å². The summed E-state index contributed by atoms with van der Waals surface area (Å²) in [7, 11) is 0. The topological polar surface area (TPSA) is 58.6 Å². The van der Waals surface area contributed by atoms with Crippen molar-refractivity contribution in [3.05, 3.63) is 70.8 Å². The lowest BCUT2D eigenvalue weighted by atomic mass is 9.96. The Hall–Kier alpha value is -2.17. The zero-order valence-corrected chi connectivity index (χ0v) is 12.7. The van der Waals surface area contributed by atoms with E-state index in [0.717, 1.165) is 28.7 Å². The molecule has 0 aromatic heterocycles. The van der Waals surface area contributed by atoms with Crippen LogP contribution in [0.15, 0.2) is 48.5 Å². The quantitative estimate of drug-likeness (QED) is 0.893. The van der Waals surface area contributed by atoms with Crippen molar-refractivity contribution >= 4 is 5.91 Å². The van der Waals surface area contributed by atoms with Crippen LogP contribution >= 0.6 is 0 Å². The SMILES string of the molecule is O=C(NC1c2ccccc2CC1O)C1OCCc2ccccc21. The van der Waals surface area contributed by atoms with E-state index in [2.05, 4.69) is 5.32 Å². The van der Waals surface area contributed by atoms with Crippen molar-refractivity contribution in [3.8, 4) is 0 Å². The largest absolute Gasteiger partial charge is 0.390 e. The van der Waals surface area contributed by atoms with Crippen molar-refractivity contribution < 1.29 is 14.6 Å². The zero-order chi connectivity index (χ0) is 15.8. The Labute approximate surface area is 135 Å². The van der Waals surface area contributed by atoms with Crippen LogP contribution in [0.3, 0.4) is 0 Å². The number of fused-ring (bicyclic) bond motifs is 2. The van der Waals surface area contributed by atoms with E-state index in [4.69, 9.17) is 4.74 Å². The van der Waals surface area contributed by atoms with Gasteiger partial charge in [0.15, 0.2) is 6.10 Å². The molecule has 1 heterocycles. The van der Waals surface area contributed by atoms with Crippen LogP contribution in [0.4, 0.5) is 0 Å². The van der Waals surface area contributed by atoms with Crippen LogP contribution in [0, 0.1) is 0 Å². The van der Waals surface area contributed by atoms with Gasteiger partial charge in [0.05, 0.1) is 18.8 Å². The number of aliphatic hydroxyl groups excluding tert-OH is 1. The van der Waals surface area contributed by atoms with Crippen LogP contribution in [0.5, 0.6) is 0 Å². The fourth-order valence-electron chi connectivity index (χ4n) is 3.59. The third-order valence-corrected chi connectivity index (χ3v) is 4.73. The first-order valence-electron chi connectivity index (χ1n) is 7.99. The molecule has 0 radical (unpaired) electrons. The van der Waals surface area contributed by atoms with Gasteiger partial charge >= 0.3 is 0 Å². The van der Waals surface area contributed by atoms with Gasteiger partial charge < -0.3 is 15.2 Å². The van der Waals surface area contributed by atoms with E-state index in [1.807, 2.05) is 48.5 Å². The summed E-state index contributed by atoms with van der Waals surface area (Å²) >= 11 is 0. The van der Waals surface area contributed by atoms with E-state index in [9.17, 15) is 9.90 Å². The fraction of sp³-hybridized carbons (Fsp3) is 0.316. The molecule has 2 N–H and O–H groups in total. The van der Waals surface area contributed by atoms with E-state index in [-0.39, 0.29) is 11.9 Å². The molecule has 0 bridgehead atoms. The van der Waals surface area contributed by atoms with Crippen molar-refractivity contribution in [2.75, 3.05) is 6.61 Å². The average molecular weight is 309 g/mol. The second-order valence-electron chi connectivity index (χ2n) is 6.16. The average Bonchev–Trinajstić information content (AvgIpc) is 2.90. The zero-order valence-electron chi connectivity index (χ0n) is 12.7. The van der Waals surface area contributed by atoms with Crippen LogP contribution in [0.25, 0.3) is 0 Å². The highest BCUT2D eigenvalue weighted by molar-refractivity contribution is 5.83. The molecule has 0 saturated heterocycles. The number of hydrogen-bond acceptors (Lipinski definition) is 3. The van der Waals surface area contributed by atoms with Crippen molar-refractivity contribution in [1.82, 2.24) is 5.32 Å². The molecule has 2 aromatic rings. The maximum Gasteiger partial charge on any atom is 0.254 e. The molecular weight excluding hydrogens is 290 g/mol. The summed E-state index contributed by atoms with van der Waals surface area (Å²) in [5, 5.41) is 13.3. The van der Waals surface area contributed by atoms with Crippen LogP contribution < -0.4 is 5.32 Å². The lowest BCUT2D eigenvalue weighted by Crippen LogP contribution is -2.39. The van der Waals surface area contributed by atoms with Crippen LogP contribution in [-0.2, 0) is 22.4 Å². The van der Waals surface area contributed by atoms with Crippen molar-refractivity contribution in [2.45, 2.75) is 31.1 Å². The van der Waals surface area contributed by atoms with Gasteiger partial charge in [-0.15, -0.1) is 0 Å². The van der Waals surface area contributed by atoms with Gasteiger partial charge in [0.1, 0.15) is 0 Å². The number of amides is 1. The summed E-state index contributed by atoms with van der Waals surface area (Å²) in [4.78, 5) is 12.7. The monoisotopic (exact) mass is 309 g/mol. The number of carbonyl (C=O) groups is 1. The van der Waals surface area contributed by atoms with E-state index in [1.54, 1.807) is 0 Å². The Bertz CT molecular complexity index is 743. The molecule has 0 saturated carbocycles. The molecule has 3 atom stereocenters. The summed E-state index contributed by atoms with van der Waals surface area (Å²) in [6.45, 7) is 0.541. The fourth-order valence-corrected chi connectivity index (χ4v) is 3.59. The van der Waals surface area contributed by atoms with E-state index in [1.165, 1.54) is 0 Å². The molecule has 4 heteroatoms. The highest BCUT2D eigenvalue weighted by Gasteiger charge is 2.35. The molecule has 4 rings (SSSR count). The van der Waals surface area contributed by atoms with Gasteiger partial charge in [0.25, 0.3) is 5.91 Å². The minimum absolute atomic E-state index is 0.182. The standard InChI is InChI=1S/C19H19NO3/c21-16-11-13-6-2-3-7-14(13)17(16)20-19(22)18-15-8-4-1-5-12(15)9-10-23-18/h1-8,16-18,21H,9-11H2,(H,20,22). The summed E-state index contributed by atoms with van der Waals surface area (Å²) in [5.41, 5.74) is 4.18. The lowest BCUT2D eigenvalue weighted by molar-refractivity contribution is -0.135. The van der Waals surface area contributed by atoms with Crippen molar-refractivity contribution in [3.63, 3.8) is 0 Å². The van der Waals surface area contributed by atoms with Gasteiger partial charge in [0.2, 0.25) is 0 Å². The van der Waals surface area contributed by atoms with Crippen LogP contribution in [0.2, 0.25) is 0 Å². The molecule has 2 aliphatic rings. The van der Waals surface area contributed by atoms with Gasteiger partial charge in [-0.1, -0.05) is 48.5 Å². The maximum absolute atomic E-state index is 12.7. The molecule has 1 aliphatic carbocycles. The molecular formula is C19H19NO3. The maximum atomic E-state index is 12.7. The minimum Gasteiger partial charge on any atom is -0.390 e. The molecule has 118 valence electrons. The van der Waals surface area contributed by atoms with E-state index >= 15 is 0 Å². The van der Waals surface area contributed by atoms with Gasteiger partial charge in [-0.25, -0.2) is 0 Å². The predicted molar refractivity (Wildman–Crippen MR) is 85.9 cm³/mol. The Kier molecular flexibility index (Phi) is 3.63. The highest BCUT2D eigenvalue weighted by Crippen LogP contribution is 2.33. The number of rotatable bonds is 2. The number of nitrogens with one attached hydrogen (secondary N) is 1. The molecule has 2 aromatic carbocycles. The van der Waals surface area contributed by atoms with Gasteiger partial charge in [-0.2, -0.15) is 0 Å². The van der Waals surface area contributed by atoms with E-state index in [0.29, 0.717) is 13.0 Å². The Morgan fingerprint density at radius 1 is 1.04 bits per heavy atom. The number of benzene rings is 2. The summed E-state index contributed by atoms with van der Waals surface area (Å²) in [6, 6.07) is 15.4. The first kappa shape index (κ1) is 14.4. The van der Waals surface area contributed by atoms with Crippen molar-refractivity contribution in [2.24, 2.45) is 0 Å². The third kappa shape index (κ3) is 2.54. The Morgan fingerprint density at radius 2 is 1.74 bits per heavy atom. The van der Waals surface area contributed by atoms with Gasteiger partial charge in [-0.05, 0) is 28.7 Å². The second-order valence-corrected chi connectivity index (χ2v) is 6.16. The Morgan fingerprint density at radius 3 is 2.57 bits per heavy atom. The van der Waals surface area contributed by atoms with Crippen LogP contribution in [-0.4, -0.2) is 23.7 Å². The summed E-state index contributed by atoms with van der Waals surface area (Å²) < 4.78 is 5.71. The normalized spacial score (nSPS) is 25.5. The molecule has 4 nitrogen and oxygen atoms in total. The molecule has 1 amide bonds. The first-order chi connectivity index (χ1) is 11.2. The second kappa shape index (κ2) is 5.80. The summed E-state index contributed by atoms with van der Waals surface area (Å²) in [6.07, 6.45) is 0.216. The molecule has 0 spiro atoms. The van der Waals surface area contributed by atoms with Gasteiger partial charge in [-0.3, -0.25) is 4.79 Å². The molecule has 1 aliphatic heterocycles. The number of ether oxygens (including phenoxy) is 1. The number of hydrogen-bond donors (Lipinski definition) is 2. The molecule has 23 heavy (non-hydrogen) atoms. The number of carbonyl (C=O) groups excluding carboxylic acids is 1. The van der Waals surface area contributed by atoms with Gasteiger partial charge in [0, 0.05) is 6.42 Å². The number of aliphatic hydroxyl groups is 1. The van der Waals surface area contributed by atoms with Crippen molar-refractivity contribution in [1.29, 1.82) is 0 Å². The smallest absolute Gasteiger partial charge is 0.254 e. The minimum atomic E-state index is -0.597. The first-order valence-corrected chi connectivity index (χ1v) is 7.99.